The second-order valence-electron chi connectivity index (χ2n) is 7.77. The average Bonchev–Trinajstić information content (AvgIpc) is 3.22. The van der Waals surface area contributed by atoms with Gasteiger partial charge in [-0.3, -0.25) is 9.56 Å². The maximum absolute atomic E-state index is 14.3. The molecule has 0 radical (unpaired) electrons. The summed E-state index contributed by atoms with van der Waals surface area (Å²) in [6.45, 7) is -3.95. The number of hydrogen-bond donors (Lipinski definition) is 1. The minimum Gasteiger partial charge on any atom is -0.279 e. The van der Waals surface area contributed by atoms with Crippen LogP contribution in [-0.4, -0.2) is 30.3 Å². The molecule has 0 saturated heterocycles. The van der Waals surface area contributed by atoms with Crippen LogP contribution in [0.2, 0.25) is 0 Å². The molecule has 4 aromatic rings. The SMILES string of the molecule is FCC(CF)(CF)C(=Nc1ccc(F)cc1)c1sc(=Nc2ccccc2)n(-c2ccccc2)c1S. The van der Waals surface area contributed by atoms with Crippen LogP contribution < -0.4 is 4.80 Å². The number of hydrogen-bond acceptors (Lipinski definition) is 4. The Labute approximate surface area is 209 Å². The Morgan fingerprint density at radius 2 is 1.37 bits per heavy atom. The van der Waals surface area contributed by atoms with Crippen LogP contribution in [0.3, 0.4) is 0 Å². The van der Waals surface area contributed by atoms with E-state index in [-0.39, 0.29) is 16.3 Å². The van der Waals surface area contributed by atoms with E-state index < -0.39 is 31.3 Å². The molecule has 1 heterocycles. The number of halogens is 4. The number of thiazole rings is 1. The molecule has 0 aliphatic heterocycles. The molecule has 0 fully saturated rings. The van der Waals surface area contributed by atoms with Gasteiger partial charge in [0.2, 0.25) is 0 Å². The van der Waals surface area contributed by atoms with Crippen LogP contribution in [0.25, 0.3) is 5.69 Å². The number of benzene rings is 3. The summed E-state index contributed by atoms with van der Waals surface area (Å²) in [7, 11) is 0. The van der Waals surface area contributed by atoms with Crippen LogP contribution in [0.5, 0.6) is 0 Å². The second kappa shape index (κ2) is 11.0. The van der Waals surface area contributed by atoms with Gasteiger partial charge in [0, 0.05) is 5.69 Å². The largest absolute Gasteiger partial charge is 0.279 e. The molecule has 180 valence electrons. The number of rotatable bonds is 8. The van der Waals surface area contributed by atoms with Crippen LogP contribution in [0.1, 0.15) is 4.88 Å². The van der Waals surface area contributed by atoms with E-state index in [0.717, 1.165) is 11.3 Å². The first kappa shape index (κ1) is 24.9. The number of para-hydroxylation sites is 2. The Balaban J connectivity index is 2.03. The molecule has 0 bridgehead atoms. The second-order valence-corrected chi connectivity index (χ2v) is 9.17. The van der Waals surface area contributed by atoms with Gasteiger partial charge in [-0.05, 0) is 48.5 Å². The molecule has 1 aromatic heterocycles. The molecule has 0 spiro atoms. The highest BCUT2D eigenvalue weighted by Gasteiger charge is 2.40. The van der Waals surface area contributed by atoms with Crippen molar-refractivity contribution in [2.75, 3.05) is 20.0 Å². The molecule has 4 rings (SSSR count). The van der Waals surface area contributed by atoms with Crippen LogP contribution >= 0.6 is 24.0 Å². The van der Waals surface area contributed by atoms with Gasteiger partial charge in [-0.15, -0.1) is 12.6 Å². The summed E-state index contributed by atoms with van der Waals surface area (Å²) in [4.78, 5) is 9.84. The predicted octanol–water partition coefficient (Wildman–Crippen LogP) is 7.21. The van der Waals surface area contributed by atoms with Crippen LogP contribution in [-0.2, 0) is 0 Å². The van der Waals surface area contributed by atoms with Gasteiger partial charge in [-0.1, -0.05) is 47.7 Å². The number of alkyl halides is 3. The zero-order valence-corrected chi connectivity index (χ0v) is 20.1. The highest BCUT2D eigenvalue weighted by molar-refractivity contribution is 7.80. The summed E-state index contributed by atoms with van der Waals surface area (Å²) in [5.74, 6) is -0.491. The third-order valence-electron chi connectivity index (χ3n) is 5.35. The molecule has 3 nitrogen and oxygen atoms in total. The predicted molar refractivity (Wildman–Crippen MR) is 136 cm³/mol. The highest BCUT2D eigenvalue weighted by Crippen LogP contribution is 2.34. The lowest BCUT2D eigenvalue weighted by atomic mass is 9.86. The molecule has 0 N–H and O–H groups in total. The zero-order valence-electron chi connectivity index (χ0n) is 18.4. The fourth-order valence-corrected chi connectivity index (χ4v) is 5.06. The van der Waals surface area contributed by atoms with Crippen molar-refractivity contribution in [3.05, 3.63) is 100 Å². The summed E-state index contributed by atoms with van der Waals surface area (Å²) >= 11 is 5.78. The lowest BCUT2D eigenvalue weighted by molar-refractivity contribution is 0.184. The molecule has 0 unspecified atom stereocenters. The average molecular weight is 516 g/mol. The Kier molecular flexibility index (Phi) is 7.87. The highest BCUT2D eigenvalue weighted by atomic mass is 32.1. The first-order valence-electron chi connectivity index (χ1n) is 10.6. The molecule has 3 aromatic carbocycles. The molecule has 35 heavy (non-hydrogen) atoms. The molecule has 0 amide bonds. The van der Waals surface area contributed by atoms with Crippen molar-refractivity contribution in [1.82, 2.24) is 4.57 Å². The standard InChI is InChI=1S/C26H21F4N3S2/c27-15-26(16-28,17-29)23(31-20-13-11-18(30)12-14-20)22-24(34)33(21-9-5-2-6-10-21)25(35-22)32-19-7-3-1-4-8-19/h1-14,34H,15-17H2. The van der Waals surface area contributed by atoms with Gasteiger partial charge in [0.05, 0.1) is 32.4 Å². The summed E-state index contributed by atoms with van der Waals surface area (Å²) in [5.41, 5.74) is -0.694. The maximum atomic E-state index is 14.3. The molecule has 9 heteroatoms. The van der Waals surface area contributed by atoms with Crippen LogP contribution in [0.4, 0.5) is 28.9 Å². The van der Waals surface area contributed by atoms with Crippen molar-refractivity contribution in [3.63, 3.8) is 0 Å². The van der Waals surface area contributed by atoms with Crippen molar-refractivity contribution in [2.24, 2.45) is 15.4 Å². The Morgan fingerprint density at radius 3 is 1.94 bits per heavy atom. The number of aromatic nitrogens is 1. The fraction of sp³-hybridized carbons (Fsp3) is 0.154. The van der Waals surface area contributed by atoms with Crippen LogP contribution in [0, 0.1) is 11.2 Å². The molecule has 0 saturated carbocycles. The fourth-order valence-electron chi connectivity index (χ4n) is 3.38. The minimum absolute atomic E-state index is 0.147. The summed E-state index contributed by atoms with van der Waals surface area (Å²) in [5, 5.41) is 0.302. The number of nitrogens with zero attached hydrogens (tertiary/aromatic N) is 3. The van der Waals surface area contributed by atoms with Gasteiger partial charge in [0.1, 0.15) is 25.8 Å². The Bertz CT molecular complexity index is 1350. The van der Waals surface area contributed by atoms with E-state index >= 15 is 0 Å². The first-order chi connectivity index (χ1) is 17.0. The summed E-state index contributed by atoms with van der Waals surface area (Å²) in [6.07, 6.45) is 0. The zero-order chi connectivity index (χ0) is 24.8. The van der Waals surface area contributed by atoms with Crippen molar-refractivity contribution >= 4 is 41.1 Å². The van der Waals surface area contributed by atoms with E-state index in [1.54, 1.807) is 4.57 Å². The van der Waals surface area contributed by atoms with Crippen LogP contribution in [0.15, 0.2) is 99.9 Å². The Morgan fingerprint density at radius 1 is 0.800 bits per heavy atom. The minimum atomic E-state index is -2.14. The van der Waals surface area contributed by atoms with Crippen molar-refractivity contribution in [1.29, 1.82) is 0 Å². The monoisotopic (exact) mass is 515 g/mol. The smallest absolute Gasteiger partial charge is 0.196 e. The van der Waals surface area contributed by atoms with Gasteiger partial charge < -0.3 is 0 Å². The van der Waals surface area contributed by atoms with E-state index in [2.05, 4.69) is 17.6 Å². The molecule has 0 aliphatic carbocycles. The van der Waals surface area contributed by atoms with Gasteiger partial charge >= 0.3 is 0 Å². The first-order valence-corrected chi connectivity index (χ1v) is 11.9. The molecule has 0 aliphatic rings. The Hall–Kier alpha value is -3.17. The van der Waals surface area contributed by atoms with Gasteiger partial charge in [-0.25, -0.2) is 22.6 Å². The summed E-state index contributed by atoms with van der Waals surface area (Å²) in [6, 6.07) is 23.4. The maximum Gasteiger partial charge on any atom is 0.196 e. The summed E-state index contributed by atoms with van der Waals surface area (Å²) < 4.78 is 57.9. The lowest BCUT2D eigenvalue weighted by Gasteiger charge is -2.26. The van der Waals surface area contributed by atoms with Crippen molar-refractivity contribution in [2.45, 2.75) is 5.03 Å². The van der Waals surface area contributed by atoms with E-state index in [0.29, 0.717) is 21.2 Å². The van der Waals surface area contributed by atoms with Crippen molar-refractivity contribution < 1.29 is 17.6 Å². The van der Waals surface area contributed by atoms with Crippen molar-refractivity contribution in [3.8, 4) is 5.69 Å². The topological polar surface area (TPSA) is 29.6 Å². The van der Waals surface area contributed by atoms with E-state index in [1.807, 2.05) is 60.7 Å². The van der Waals surface area contributed by atoms with Gasteiger partial charge in [0.15, 0.2) is 4.80 Å². The molecule has 0 atom stereocenters. The van der Waals surface area contributed by atoms with E-state index in [4.69, 9.17) is 4.99 Å². The third-order valence-corrected chi connectivity index (χ3v) is 6.97. The van der Waals surface area contributed by atoms with Gasteiger partial charge in [0.25, 0.3) is 0 Å². The normalized spacial score (nSPS) is 12.8. The van der Waals surface area contributed by atoms with E-state index in [9.17, 15) is 17.6 Å². The molecular formula is C26H21F4N3S2. The number of aliphatic imine (C=N–C) groups is 1. The van der Waals surface area contributed by atoms with Gasteiger partial charge in [-0.2, -0.15) is 0 Å². The lowest BCUT2D eigenvalue weighted by Crippen LogP contribution is -2.38. The third kappa shape index (κ3) is 5.26. The number of thiol groups is 1. The molecular weight excluding hydrogens is 494 g/mol. The quantitative estimate of drug-likeness (QED) is 0.146. The van der Waals surface area contributed by atoms with E-state index in [1.165, 1.54) is 24.3 Å².